The van der Waals surface area contributed by atoms with Crippen LogP contribution in [0.2, 0.25) is 0 Å². The fraction of sp³-hybridized carbons (Fsp3) is 0.154. The van der Waals surface area contributed by atoms with E-state index in [-0.39, 0.29) is 29.6 Å². The molecule has 2 aromatic heterocycles. The van der Waals surface area contributed by atoms with Gasteiger partial charge in [0, 0.05) is 23.3 Å². The van der Waals surface area contributed by atoms with Crippen molar-refractivity contribution in [3.8, 4) is 5.75 Å². The Morgan fingerprint density at radius 3 is 2.55 bits per heavy atom. The number of hydrogen-bond donors (Lipinski definition) is 4. The number of nitrogens with one attached hydrogen (secondary N) is 2. The molecule has 1 aliphatic rings. The molecule has 0 radical (unpaired) electrons. The SMILES string of the molecule is COc1cc(C(=O)N2CC(OC(=O)Nc3ccccn3)C2)ccc1NS(O)(O)c1cccc2cccnc12. The van der Waals surface area contributed by atoms with Crippen molar-refractivity contribution >= 4 is 45.2 Å². The number of aromatic nitrogens is 2. The Balaban J connectivity index is 1.23. The lowest BCUT2D eigenvalue weighted by atomic mass is 10.1. The third-order valence-corrected chi connectivity index (χ3v) is 7.35. The lowest BCUT2D eigenvalue weighted by Gasteiger charge is -2.38. The van der Waals surface area contributed by atoms with Crippen LogP contribution in [0.25, 0.3) is 10.9 Å². The van der Waals surface area contributed by atoms with Crippen molar-refractivity contribution < 1.29 is 28.2 Å². The van der Waals surface area contributed by atoms with Gasteiger partial charge in [0.2, 0.25) is 0 Å². The van der Waals surface area contributed by atoms with E-state index in [1.165, 1.54) is 18.1 Å². The molecule has 2 amide bonds. The van der Waals surface area contributed by atoms with E-state index in [1.807, 2.05) is 12.1 Å². The second-order valence-corrected chi connectivity index (χ2v) is 10.2. The molecule has 1 saturated heterocycles. The number of methoxy groups -OCH3 is 1. The van der Waals surface area contributed by atoms with E-state index in [0.717, 1.165) is 5.39 Å². The zero-order chi connectivity index (χ0) is 26.7. The number of benzene rings is 2. The third kappa shape index (κ3) is 5.32. The molecule has 11 nitrogen and oxygen atoms in total. The number of carbonyl (C=O) groups is 2. The standard InChI is InChI=1S/C26H25N5O6S/c1-36-21-14-18(25(32)31-15-19(16-31)37-26(33)29-23-9-2-3-12-27-23)10-11-20(21)30-38(34,35)22-8-4-6-17-7-5-13-28-24(17)22/h2-14,19,30,34-35H,15-16H2,1H3,(H,27,29,33). The average Bonchev–Trinajstić information content (AvgIpc) is 2.90. The van der Waals surface area contributed by atoms with Crippen molar-refractivity contribution in [3.05, 3.63) is 84.7 Å². The molecule has 1 aliphatic heterocycles. The summed E-state index contributed by atoms with van der Waals surface area (Å²) in [6.07, 6.45) is 2.06. The largest absolute Gasteiger partial charge is 0.495 e. The van der Waals surface area contributed by atoms with Gasteiger partial charge in [-0.15, -0.1) is 0 Å². The fourth-order valence-corrected chi connectivity index (χ4v) is 5.30. The summed E-state index contributed by atoms with van der Waals surface area (Å²) in [6.45, 7) is 0.483. The maximum atomic E-state index is 13.0. The Hall–Kier alpha value is -4.39. The molecule has 0 unspecified atom stereocenters. The highest BCUT2D eigenvalue weighted by atomic mass is 32.3. The number of carbonyl (C=O) groups excluding carboxylic acids is 2. The van der Waals surface area contributed by atoms with Crippen LogP contribution in [-0.2, 0) is 4.74 Å². The predicted molar refractivity (Wildman–Crippen MR) is 144 cm³/mol. The molecule has 0 atom stereocenters. The van der Waals surface area contributed by atoms with Crippen LogP contribution in [-0.4, -0.2) is 62.3 Å². The van der Waals surface area contributed by atoms with Crippen molar-refractivity contribution in [1.82, 2.24) is 14.9 Å². The van der Waals surface area contributed by atoms with Crippen LogP contribution in [0.4, 0.5) is 16.3 Å². The molecule has 0 bridgehead atoms. The van der Waals surface area contributed by atoms with Crippen LogP contribution in [0, 0.1) is 0 Å². The van der Waals surface area contributed by atoms with Gasteiger partial charge in [0.25, 0.3) is 5.91 Å². The molecular weight excluding hydrogens is 510 g/mol. The molecule has 0 spiro atoms. The van der Waals surface area contributed by atoms with Crippen molar-refractivity contribution in [2.24, 2.45) is 0 Å². The first-order chi connectivity index (χ1) is 18.3. The minimum atomic E-state index is -3.50. The topological polar surface area (TPSA) is 146 Å². The molecule has 38 heavy (non-hydrogen) atoms. The van der Waals surface area contributed by atoms with Crippen LogP contribution in [0.5, 0.6) is 5.75 Å². The highest BCUT2D eigenvalue weighted by Crippen LogP contribution is 2.51. The number of amides is 2. The first-order valence-electron chi connectivity index (χ1n) is 11.6. The second kappa shape index (κ2) is 10.5. The summed E-state index contributed by atoms with van der Waals surface area (Å²) in [5, 5.41) is 3.31. The molecule has 0 saturated carbocycles. The van der Waals surface area contributed by atoms with Gasteiger partial charge in [-0.25, -0.2) is 9.78 Å². The Morgan fingerprint density at radius 1 is 1.00 bits per heavy atom. The first kappa shape index (κ1) is 25.3. The summed E-state index contributed by atoms with van der Waals surface area (Å²) in [7, 11) is -2.08. The molecule has 3 heterocycles. The number of nitrogens with zero attached hydrogens (tertiary/aromatic N) is 3. The van der Waals surface area contributed by atoms with Crippen molar-refractivity contribution in [1.29, 1.82) is 0 Å². The van der Waals surface area contributed by atoms with Gasteiger partial charge in [0.15, 0.2) is 0 Å². The van der Waals surface area contributed by atoms with Gasteiger partial charge < -0.3 is 14.4 Å². The Labute approximate surface area is 219 Å². The number of rotatable bonds is 7. The maximum absolute atomic E-state index is 13.0. The highest BCUT2D eigenvalue weighted by Gasteiger charge is 2.34. The smallest absolute Gasteiger partial charge is 0.413 e. The van der Waals surface area contributed by atoms with Gasteiger partial charge in [-0.05, 0) is 42.5 Å². The molecule has 4 aromatic rings. The fourth-order valence-electron chi connectivity index (χ4n) is 4.01. The van der Waals surface area contributed by atoms with Crippen molar-refractivity contribution in [2.75, 3.05) is 30.2 Å². The highest BCUT2D eigenvalue weighted by molar-refractivity contribution is 8.25. The number of anilines is 2. The first-order valence-corrected chi connectivity index (χ1v) is 13.1. The number of ether oxygens (including phenoxy) is 2. The van der Waals surface area contributed by atoms with E-state index >= 15 is 0 Å². The maximum Gasteiger partial charge on any atom is 0.413 e. The monoisotopic (exact) mass is 535 g/mol. The Bertz CT molecular complexity index is 1470. The van der Waals surface area contributed by atoms with Gasteiger partial charge in [-0.1, -0.05) is 35.0 Å². The van der Waals surface area contributed by atoms with Crippen LogP contribution >= 0.6 is 10.8 Å². The number of fused-ring (bicyclic) bond motifs is 1. The van der Waals surface area contributed by atoms with Crippen LogP contribution < -0.4 is 14.8 Å². The molecule has 5 rings (SSSR count). The van der Waals surface area contributed by atoms with E-state index in [0.29, 0.717) is 22.6 Å². The number of pyridine rings is 2. The average molecular weight is 536 g/mol. The van der Waals surface area contributed by atoms with Gasteiger partial charge in [0.05, 0.1) is 31.4 Å². The van der Waals surface area contributed by atoms with Crippen molar-refractivity contribution in [2.45, 2.75) is 11.0 Å². The lowest BCUT2D eigenvalue weighted by Crippen LogP contribution is -2.55. The molecule has 0 aliphatic carbocycles. The van der Waals surface area contributed by atoms with E-state index in [2.05, 4.69) is 20.0 Å². The summed E-state index contributed by atoms with van der Waals surface area (Å²) in [5.41, 5.74) is 1.11. The molecule has 196 valence electrons. The van der Waals surface area contributed by atoms with Gasteiger partial charge in [-0.2, -0.15) is 0 Å². The van der Waals surface area contributed by atoms with E-state index in [4.69, 9.17) is 9.47 Å². The number of likely N-dealkylation sites (tertiary alicyclic amines) is 1. The van der Waals surface area contributed by atoms with E-state index in [1.54, 1.807) is 60.9 Å². The van der Waals surface area contributed by atoms with Crippen LogP contribution in [0.15, 0.2) is 84.0 Å². The number of para-hydroxylation sites is 1. The zero-order valence-corrected chi connectivity index (χ0v) is 21.1. The Morgan fingerprint density at radius 2 is 1.79 bits per heavy atom. The minimum absolute atomic E-state index is 0.241. The summed E-state index contributed by atoms with van der Waals surface area (Å²) >= 11 is 0. The summed E-state index contributed by atoms with van der Waals surface area (Å²) in [4.78, 5) is 35.1. The molecule has 1 fully saturated rings. The molecule has 4 N–H and O–H groups in total. The van der Waals surface area contributed by atoms with E-state index < -0.39 is 23.0 Å². The molecule has 2 aromatic carbocycles. The lowest BCUT2D eigenvalue weighted by molar-refractivity contribution is -0.00208. The molecular formula is C26H25N5O6S. The van der Waals surface area contributed by atoms with E-state index in [9.17, 15) is 18.7 Å². The normalized spacial score (nSPS) is 13.9. The number of hydrogen-bond acceptors (Lipinski definition) is 9. The summed E-state index contributed by atoms with van der Waals surface area (Å²) < 4.78 is 35.4. The van der Waals surface area contributed by atoms with Crippen LogP contribution in [0.3, 0.4) is 0 Å². The van der Waals surface area contributed by atoms with Gasteiger partial charge in [0.1, 0.15) is 22.6 Å². The predicted octanol–water partition coefficient (Wildman–Crippen LogP) is 4.85. The molecule has 12 heteroatoms. The third-order valence-electron chi connectivity index (χ3n) is 5.91. The van der Waals surface area contributed by atoms with Crippen molar-refractivity contribution in [3.63, 3.8) is 0 Å². The summed E-state index contributed by atoms with van der Waals surface area (Å²) in [6, 6.07) is 18.5. The second-order valence-electron chi connectivity index (χ2n) is 8.47. The summed E-state index contributed by atoms with van der Waals surface area (Å²) in [5.74, 6) is 0.357. The quantitative estimate of drug-likeness (QED) is 0.261. The van der Waals surface area contributed by atoms with Gasteiger partial charge in [-0.3, -0.25) is 28.9 Å². The minimum Gasteiger partial charge on any atom is -0.495 e. The Kier molecular flexibility index (Phi) is 7.01. The van der Waals surface area contributed by atoms with Gasteiger partial charge >= 0.3 is 6.09 Å². The zero-order valence-electron chi connectivity index (χ0n) is 20.3. The van der Waals surface area contributed by atoms with Crippen LogP contribution in [0.1, 0.15) is 10.4 Å².